The number of aromatic hydroxyl groups is 1. The van der Waals surface area contributed by atoms with Gasteiger partial charge in [-0.05, 0) is 30.5 Å². The summed E-state index contributed by atoms with van der Waals surface area (Å²) in [4.78, 5) is 12.0. The van der Waals surface area contributed by atoms with E-state index in [4.69, 9.17) is 0 Å². The first-order valence-corrected chi connectivity index (χ1v) is 11.1. The molecule has 27 heavy (non-hydrogen) atoms. The monoisotopic (exact) mass is 376 g/mol. The van der Waals surface area contributed by atoms with Crippen LogP contribution in [0.5, 0.6) is 5.75 Å². The first-order valence-electron chi connectivity index (χ1n) is 11.1. The Morgan fingerprint density at radius 3 is 1.63 bits per heavy atom. The molecular weight excluding hydrogens is 336 g/mol. The summed E-state index contributed by atoms with van der Waals surface area (Å²) >= 11 is 0. The summed E-state index contributed by atoms with van der Waals surface area (Å²) in [5.74, 6) is -0.571. The van der Waals surface area contributed by atoms with Crippen LogP contribution in [0.2, 0.25) is 0 Å². The van der Waals surface area contributed by atoms with E-state index in [1.807, 2.05) is 6.92 Å². The molecule has 0 aliphatic rings. The van der Waals surface area contributed by atoms with Gasteiger partial charge in [-0.1, -0.05) is 103 Å². The van der Waals surface area contributed by atoms with Gasteiger partial charge in [0, 0.05) is 0 Å². The molecule has 0 amide bonds. The molecule has 0 spiro atoms. The van der Waals surface area contributed by atoms with Crippen LogP contribution in [0, 0.1) is 0 Å². The maximum absolute atomic E-state index is 12.0. The second-order valence-corrected chi connectivity index (χ2v) is 7.93. The van der Waals surface area contributed by atoms with E-state index in [1.54, 1.807) is 24.3 Å². The topological polar surface area (TPSA) is 57.5 Å². The molecule has 0 saturated carbocycles. The Morgan fingerprint density at radius 2 is 1.22 bits per heavy atom. The molecule has 0 fully saturated rings. The molecule has 1 rings (SSSR count). The zero-order chi connectivity index (χ0) is 20.0. The molecule has 3 nitrogen and oxygen atoms in total. The number of rotatable bonds is 16. The third kappa shape index (κ3) is 8.36. The lowest BCUT2D eigenvalue weighted by atomic mass is 9.74. The molecule has 1 atom stereocenters. The van der Waals surface area contributed by atoms with Gasteiger partial charge in [0.2, 0.25) is 0 Å². The molecule has 154 valence electrons. The highest BCUT2D eigenvalue weighted by molar-refractivity contribution is 5.81. The smallest absolute Gasteiger partial charge is 0.314 e. The van der Waals surface area contributed by atoms with Crippen molar-refractivity contribution in [3.05, 3.63) is 29.8 Å². The standard InChI is InChI=1S/C24H40O3/c1-3-5-6-7-8-9-10-11-12-13-14-15-20-24(4-2,23(26)27)21-16-18-22(25)19-17-21/h16-19,25H,3-15,20H2,1-2H3,(H,26,27). The van der Waals surface area contributed by atoms with Crippen LogP contribution in [0.3, 0.4) is 0 Å². The third-order valence-corrected chi connectivity index (χ3v) is 5.89. The Hall–Kier alpha value is -1.51. The van der Waals surface area contributed by atoms with Gasteiger partial charge in [-0.25, -0.2) is 0 Å². The van der Waals surface area contributed by atoms with Gasteiger partial charge in [0.15, 0.2) is 0 Å². The fourth-order valence-corrected chi connectivity index (χ4v) is 3.96. The van der Waals surface area contributed by atoms with Crippen molar-refractivity contribution in [3.63, 3.8) is 0 Å². The summed E-state index contributed by atoms with van der Waals surface area (Å²) in [6.45, 7) is 4.20. The summed E-state index contributed by atoms with van der Waals surface area (Å²) in [6, 6.07) is 6.69. The van der Waals surface area contributed by atoms with E-state index >= 15 is 0 Å². The van der Waals surface area contributed by atoms with Crippen LogP contribution < -0.4 is 0 Å². The van der Waals surface area contributed by atoms with Gasteiger partial charge >= 0.3 is 5.97 Å². The summed E-state index contributed by atoms with van der Waals surface area (Å²) in [6.07, 6.45) is 16.6. The van der Waals surface area contributed by atoms with Crippen molar-refractivity contribution in [2.24, 2.45) is 0 Å². The second kappa shape index (κ2) is 13.6. The second-order valence-electron chi connectivity index (χ2n) is 7.93. The number of hydrogen-bond donors (Lipinski definition) is 2. The normalized spacial score (nSPS) is 13.4. The molecule has 0 bridgehead atoms. The van der Waals surface area contributed by atoms with Gasteiger partial charge in [0.1, 0.15) is 5.75 Å². The Balaban J connectivity index is 2.25. The molecule has 0 aromatic heterocycles. The summed E-state index contributed by atoms with van der Waals surface area (Å²) in [5.41, 5.74) is -0.0231. The van der Waals surface area contributed by atoms with Crippen molar-refractivity contribution >= 4 is 5.97 Å². The zero-order valence-electron chi connectivity index (χ0n) is 17.5. The predicted molar refractivity (Wildman–Crippen MR) is 113 cm³/mol. The number of unbranched alkanes of at least 4 members (excludes halogenated alkanes) is 11. The molecule has 0 heterocycles. The van der Waals surface area contributed by atoms with Gasteiger partial charge in [0.05, 0.1) is 5.41 Å². The van der Waals surface area contributed by atoms with Crippen LogP contribution in [-0.4, -0.2) is 16.2 Å². The highest BCUT2D eigenvalue weighted by Crippen LogP contribution is 2.35. The molecule has 0 radical (unpaired) electrons. The number of phenolic OH excluding ortho intramolecular Hbond substituents is 1. The first-order chi connectivity index (χ1) is 13.1. The van der Waals surface area contributed by atoms with E-state index in [0.717, 1.165) is 18.4 Å². The van der Waals surface area contributed by atoms with Crippen LogP contribution in [-0.2, 0) is 10.2 Å². The number of hydrogen-bond acceptors (Lipinski definition) is 2. The maximum atomic E-state index is 12.0. The minimum atomic E-state index is -0.827. The molecule has 1 aromatic carbocycles. The molecule has 0 aliphatic carbocycles. The number of carboxylic acids is 1. The minimum absolute atomic E-state index is 0.180. The molecule has 1 unspecified atom stereocenters. The highest BCUT2D eigenvalue weighted by Gasteiger charge is 2.37. The number of aliphatic carboxylic acids is 1. The highest BCUT2D eigenvalue weighted by atomic mass is 16.4. The molecule has 0 aliphatic heterocycles. The fraction of sp³-hybridized carbons (Fsp3) is 0.708. The van der Waals surface area contributed by atoms with Gasteiger partial charge in [-0.3, -0.25) is 4.79 Å². The Bertz CT molecular complexity index is 509. The Labute approximate surface area is 166 Å². The maximum Gasteiger partial charge on any atom is 0.314 e. The van der Waals surface area contributed by atoms with Crippen LogP contribution in [0.1, 0.15) is 109 Å². The number of benzene rings is 1. The van der Waals surface area contributed by atoms with Crippen LogP contribution in [0.25, 0.3) is 0 Å². The van der Waals surface area contributed by atoms with Crippen LogP contribution in [0.15, 0.2) is 24.3 Å². The molecular formula is C24H40O3. The van der Waals surface area contributed by atoms with E-state index in [2.05, 4.69) is 6.92 Å². The Kier molecular flexibility index (Phi) is 11.9. The quantitative estimate of drug-likeness (QED) is 0.299. The van der Waals surface area contributed by atoms with Crippen molar-refractivity contribution in [1.29, 1.82) is 0 Å². The zero-order valence-corrected chi connectivity index (χ0v) is 17.5. The van der Waals surface area contributed by atoms with Gasteiger partial charge < -0.3 is 10.2 Å². The van der Waals surface area contributed by atoms with Crippen molar-refractivity contribution in [3.8, 4) is 5.75 Å². The largest absolute Gasteiger partial charge is 0.508 e. The summed E-state index contributed by atoms with van der Waals surface area (Å²) in [5, 5.41) is 19.3. The number of carboxylic acid groups (broad SMARTS) is 1. The van der Waals surface area contributed by atoms with Crippen molar-refractivity contribution in [2.75, 3.05) is 0 Å². The molecule has 3 heteroatoms. The van der Waals surface area contributed by atoms with Gasteiger partial charge in [-0.2, -0.15) is 0 Å². The number of carbonyl (C=O) groups is 1. The third-order valence-electron chi connectivity index (χ3n) is 5.89. The van der Waals surface area contributed by atoms with E-state index in [0.29, 0.717) is 12.8 Å². The molecule has 1 aromatic rings. The Morgan fingerprint density at radius 1 is 0.778 bits per heavy atom. The lowest BCUT2D eigenvalue weighted by Crippen LogP contribution is -2.35. The predicted octanol–water partition coefficient (Wildman–Crippen LogP) is 7.22. The summed E-state index contributed by atoms with van der Waals surface area (Å²) < 4.78 is 0. The van der Waals surface area contributed by atoms with Crippen molar-refractivity contribution in [1.82, 2.24) is 0 Å². The molecule has 0 saturated heterocycles. The number of phenols is 1. The lowest BCUT2D eigenvalue weighted by molar-refractivity contribution is -0.144. The lowest BCUT2D eigenvalue weighted by Gasteiger charge is -2.29. The van der Waals surface area contributed by atoms with Crippen LogP contribution in [0.4, 0.5) is 0 Å². The molecule has 2 N–H and O–H groups in total. The van der Waals surface area contributed by atoms with Crippen LogP contribution >= 0.6 is 0 Å². The van der Waals surface area contributed by atoms with Gasteiger partial charge in [-0.15, -0.1) is 0 Å². The van der Waals surface area contributed by atoms with E-state index in [9.17, 15) is 15.0 Å². The summed E-state index contributed by atoms with van der Waals surface area (Å²) in [7, 11) is 0. The SMILES string of the molecule is CCCCCCCCCCCCCCC(CC)(C(=O)O)c1ccc(O)cc1. The van der Waals surface area contributed by atoms with Crippen molar-refractivity contribution in [2.45, 2.75) is 109 Å². The van der Waals surface area contributed by atoms with E-state index in [1.165, 1.54) is 64.2 Å². The van der Waals surface area contributed by atoms with E-state index in [-0.39, 0.29) is 5.75 Å². The fourth-order valence-electron chi connectivity index (χ4n) is 3.96. The van der Waals surface area contributed by atoms with Crippen molar-refractivity contribution < 1.29 is 15.0 Å². The minimum Gasteiger partial charge on any atom is -0.508 e. The average molecular weight is 377 g/mol. The van der Waals surface area contributed by atoms with Gasteiger partial charge in [0.25, 0.3) is 0 Å². The average Bonchev–Trinajstić information content (AvgIpc) is 2.66. The van der Waals surface area contributed by atoms with E-state index < -0.39 is 11.4 Å². The first kappa shape index (κ1) is 23.5.